The van der Waals surface area contributed by atoms with Gasteiger partial charge in [-0.3, -0.25) is 0 Å². The van der Waals surface area contributed by atoms with Crippen LogP contribution in [0.2, 0.25) is 0 Å². The van der Waals surface area contributed by atoms with Crippen LogP contribution in [0.15, 0.2) is 65.7 Å². The van der Waals surface area contributed by atoms with Gasteiger partial charge in [-0.25, -0.2) is 4.99 Å². The molecule has 0 radical (unpaired) electrons. The van der Waals surface area contributed by atoms with E-state index in [1.807, 2.05) is 31.1 Å². The van der Waals surface area contributed by atoms with E-state index in [4.69, 9.17) is 0 Å². The minimum Gasteiger partial charge on any atom is -0.369 e. The third kappa shape index (κ3) is 4.01. The smallest absolute Gasteiger partial charge is 0.233 e. The Bertz CT molecular complexity index is 732. The average molecular weight is 340 g/mol. The Labute approximate surface area is 141 Å². The second-order valence-electron chi connectivity index (χ2n) is 5.08. The van der Waals surface area contributed by atoms with Crippen LogP contribution in [0.1, 0.15) is 0 Å². The molecule has 116 valence electrons. The maximum Gasteiger partial charge on any atom is 0.233 e. The van der Waals surface area contributed by atoms with E-state index < -0.39 is 7.92 Å². The average Bonchev–Trinajstić information content (AvgIpc) is 3.04. The second kappa shape index (κ2) is 7.44. The van der Waals surface area contributed by atoms with Crippen molar-refractivity contribution in [1.29, 1.82) is 0 Å². The molecule has 0 atom stereocenters. The van der Waals surface area contributed by atoms with E-state index in [0.717, 1.165) is 4.75 Å². The summed E-state index contributed by atoms with van der Waals surface area (Å²) in [5.41, 5.74) is 0. The number of rotatable bonds is 5. The highest BCUT2D eigenvalue weighted by Crippen LogP contribution is 2.35. The summed E-state index contributed by atoms with van der Waals surface area (Å²) in [4.78, 5) is 6.24. The molecule has 0 saturated carbocycles. The zero-order valence-electron chi connectivity index (χ0n) is 13.0. The molecule has 0 aliphatic rings. The van der Waals surface area contributed by atoms with Gasteiger partial charge in [0.15, 0.2) is 4.75 Å². The van der Waals surface area contributed by atoms with E-state index in [1.54, 1.807) is 17.7 Å². The highest BCUT2D eigenvalue weighted by atomic mass is 32.1. The predicted octanol–water partition coefficient (Wildman–Crippen LogP) is 2.52. The minimum atomic E-state index is -0.694. The van der Waals surface area contributed by atoms with Gasteiger partial charge < -0.3 is 4.90 Å². The van der Waals surface area contributed by atoms with Crippen LogP contribution in [-0.2, 0) is 0 Å². The van der Waals surface area contributed by atoms with E-state index in [0.29, 0.717) is 5.13 Å². The lowest BCUT2D eigenvalue weighted by Crippen LogP contribution is -2.20. The summed E-state index contributed by atoms with van der Waals surface area (Å²) < 4.78 is 1.02. The number of hydrogen-bond acceptors (Lipinski definition) is 4. The maximum absolute atomic E-state index is 4.41. The normalized spacial score (nSPS) is 11.3. The van der Waals surface area contributed by atoms with Crippen molar-refractivity contribution in [3.05, 3.63) is 60.7 Å². The van der Waals surface area contributed by atoms with E-state index in [1.165, 1.54) is 10.6 Å². The number of benzene rings is 2. The van der Waals surface area contributed by atoms with Crippen LogP contribution in [0.5, 0.6) is 0 Å². The van der Waals surface area contributed by atoms with Crippen molar-refractivity contribution >= 4 is 46.1 Å². The molecule has 0 spiro atoms. The van der Waals surface area contributed by atoms with Gasteiger partial charge in [0, 0.05) is 22.0 Å². The van der Waals surface area contributed by atoms with Crippen molar-refractivity contribution in [2.24, 2.45) is 4.99 Å². The van der Waals surface area contributed by atoms with Gasteiger partial charge in [-0.2, -0.15) is 0 Å². The van der Waals surface area contributed by atoms with Crippen molar-refractivity contribution < 1.29 is 0 Å². The zero-order chi connectivity index (χ0) is 16.1. The molecule has 0 unspecified atom stereocenters. The summed E-state index contributed by atoms with van der Waals surface area (Å²) in [6.07, 6.45) is 1.75. The summed E-state index contributed by atoms with van der Waals surface area (Å²) in [6.45, 7) is 0. The molecule has 1 aromatic heterocycles. The van der Waals surface area contributed by atoms with Gasteiger partial charge in [0.05, 0.1) is 6.34 Å². The Morgan fingerprint density at radius 3 is 2.00 bits per heavy atom. The molecule has 23 heavy (non-hydrogen) atoms. The van der Waals surface area contributed by atoms with Gasteiger partial charge in [0.1, 0.15) is 0 Å². The van der Waals surface area contributed by atoms with Gasteiger partial charge in [0.2, 0.25) is 5.13 Å². The highest BCUT2D eigenvalue weighted by Gasteiger charge is 2.20. The molecule has 0 fully saturated rings. The van der Waals surface area contributed by atoms with Gasteiger partial charge in [0.25, 0.3) is 0 Å². The minimum absolute atomic E-state index is 0.688. The number of aromatic nitrogens is 2. The standard InChI is InChI=1S/C17H17N4PS/c1-21(2)13-18-16-19-20-17(23-16)22(14-9-5-3-6-10-14)15-11-7-4-8-12-15/h3-13H,1-2H3/b18-13+. The zero-order valence-corrected chi connectivity index (χ0v) is 14.7. The van der Waals surface area contributed by atoms with Crippen molar-refractivity contribution in [1.82, 2.24) is 15.1 Å². The Morgan fingerprint density at radius 2 is 1.48 bits per heavy atom. The van der Waals surface area contributed by atoms with Crippen LogP contribution < -0.4 is 15.4 Å². The number of aliphatic imine (C=N–C) groups is 1. The molecular formula is C17H17N4PS. The van der Waals surface area contributed by atoms with Gasteiger partial charge in [-0.15, -0.1) is 10.2 Å². The third-order valence-electron chi connectivity index (χ3n) is 3.02. The van der Waals surface area contributed by atoms with E-state index in [-0.39, 0.29) is 0 Å². The van der Waals surface area contributed by atoms with Crippen molar-refractivity contribution in [3.63, 3.8) is 0 Å². The fourth-order valence-electron chi connectivity index (χ4n) is 2.04. The lowest BCUT2D eigenvalue weighted by molar-refractivity contribution is 0.643. The molecular weight excluding hydrogens is 323 g/mol. The van der Waals surface area contributed by atoms with E-state index in [2.05, 4.69) is 63.7 Å². The van der Waals surface area contributed by atoms with Crippen LogP contribution in [0.25, 0.3) is 0 Å². The van der Waals surface area contributed by atoms with Crippen LogP contribution in [0.3, 0.4) is 0 Å². The monoisotopic (exact) mass is 340 g/mol. The van der Waals surface area contributed by atoms with Gasteiger partial charge in [-0.1, -0.05) is 72.0 Å². The molecule has 0 aliphatic heterocycles. The maximum atomic E-state index is 4.41. The Hall–Kier alpha value is -2.10. The predicted molar refractivity (Wildman–Crippen MR) is 100 cm³/mol. The lowest BCUT2D eigenvalue weighted by Gasteiger charge is -2.14. The first kappa shape index (κ1) is 15.8. The molecule has 0 amide bonds. The Kier molecular flexibility index (Phi) is 5.11. The lowest BCUT2D eigenvalue weighted by atomic mass is 10.4. The Balaban J connectivity index is 2.00. The van der Waals surface area contributed by atoms with Crippen LogP contribution >= 0.6 is 19.3 Å². The van der Waals surface area contributed by atoms with Gasteiger partial charge >= 0.3 is 0 Å². The molecule has 0 saturated heterocycles. The molecule has 0 bridgehead atoms. The van der Waals surface area contributed by atoms with Gasteiger partial charge in [-0.05, 0) is 10.6 Å². The molecule has 1 heterocycles. The SMILES string of the molecule is CN(C)/C=N/c1nnc(P(c2ccccc2)c2ccccc2)s1. The molecule has 6 heteroatoms. The summed E-state index contributed by atoms with van der Waals surface area (Å²) in [5, 5.41) is 11.9. The van der Waals surface area contributed by atoms with Crippen molar-refractivity contribution in [3.8, 4) is 0 Å². The molecule has 3 rings (SSSR count). The third-order valence-corrected chi connectivity index (χ3v) is 6.58. The molecule has 0 N–H and O–H groups in total. The first-order valence-corrected chi connectivity index (χ1v) is 9.34. The van der Waals surface area contributed by atoms with Crippen LogP contribution in [0, 0.1) is 0 Å². The van der Waals surface area contributed by atoms with Crippen molar-refractivity contribution in [2.75, 3.05) is 14.1 Å². The summed E-state index contributed by atoms with van der Waals surface area (Å²) in [7, 11) is 3.18. The van der Waals surface area contributed by atoms with Crippen LogP contribution in [0.4, 0.5) is 5.13 Å². The molecule has 2 aromatic carbocycles. The molecule has 0 aliphatic carbocycles. The van der Waals surface area contributed by atoms with Crippen molar-refractivity contribution in [2.45, 2.75) is 0 Å². The first-order valence-electron chi connectivity index (χ1n) is 7.18. The second-order valence-corrected chi connectivity index (χ2v) is 8.47. The summed E-state index contributed by atoms with van der Waals surface area (Å²) in [6, 6.07) is 21.0. The summed E-state index contributed by atoms with van der Waals surface area (Å²) >= 11 is 1.55. The number of hydrogen-bond donors (Lipinski definition) is 0. The largest absolute Gasteiger partial charge is 0.369 e. The van der Waals surface area contributed by atoms with E-state index in [9.17, 15) is 0 Å². The first-order chi connectivity index (χ1) is 11.2. The fraction of sp³-hybridized carbons (Fsp3) is 0.118. The topological polar surface area (TPSA) is 41.4 Å². The fourth-order valence-corrected chi connectivity index (χ4v) is 5.52. The quantitative estimate of drug-likeness (QED) is 0.407. The Morgan fingerprint density at radius 1 is 0.913 bits per heavy atom. The number of nitrogens with zero attached hydrogens (tertiary/aromatic N) is 4. The van der Waals surface area contributed by atoms with E-state index >= 15 is 0 Å². The van der Waals surface area contributed by atoms with Crippen LogP contribution in [-0.4, -0.2) is 35.5 Å². The molecule has 4 nitrogen and oxygen atoms in total. The highest BCUT2D eigenvalue weighted by molar-refractivity contribution is 7.83. The summed E-state index contributed by atoms with van der Waals surface area (Å²) in [5.74, 6) is 0. The molecule has 3 aromatic rings.